The number of alkyl halides is 1. The summed E-state index contributed by atoms with van der Waals surface area (Å²) in [4.78, 5) is 29.5. The lowest BCUT2D eigenvalue weighted by Gasteiger charge is -2.20. The highest BCUT2D eigenvalue weighted by atomic mass is 35.5. The predicted octanol–water partition coefficient (Wildman–Crippen LogP) is 3.74. The standard InChI is InChI=1S/C21H18ClF2N7O2/c1-25-21(33)30(2)19-17(24)16(22)15(11-6-26-29-18(11)19)9-3-4-14-27-13(8-31(14)7-9)28-20(32)10-5-12(10)23/h3-4,6-8,10,12H,5H2,1-2H3,(H,25,33)(H,26,29)(H,28,32)/t10-,12+/m1/s1. The number of halogens is 3. The van der Waals surface area contributed by atoms with Crippen LogP contribution in [0, 0.1) is 11.7 Å². The van der Waals surface area contributed by atoms with E-state index in [9.17, 15) is 14.0 Å². The zero-order valence-corrected chi connectivity index (χ0v) is 18.2. The third-order valence-corrected chi connectivity index (χ3v) is 6.01. The highest BCUT2D eigenvalue weighted by Crippen LogP contribution is 2.42. The summed E-state index contributed by atoms with van der Waals surface area (Å²) in [7, 11) is 2.86. The van der Waals surface area contributed by atoms with Gasteiger partial charge in [0.25, 0.3) is 0 Å². The second-order valence-corrected chi connectivity index (χ2v) is 8.16. The number of amides is 3. The van der Waals surface area contributed by atoms with E-state index in [1.165, 1.54) is 20.3 Å². The Morgan fingerprint density at radius 2 is 2.09 bits per heavy atom. The number of urea groups is 1. The van der Waals surface area contributed by atoms with Gasteiger partial charge in [-0.1, -0.05) is 11.6 Å². The third kappa shape index (κ3) is 3.44. The summed E-state index contributed by atoms with van der Waals surface area (Å²) < 4.78 is 30.2. The normalized spacial score (nSPS) is 17.4. The number of hydrogen-bond acceptors (Lipinski definition) is 4. The van der Waals surface area contributed by atoms with Crippen molar-refractivity contribution in [2.75, 3.05) is 24.3 Å². The van der Waals surface area contributed by atoms with Crippen molar-refractivity contribution in [1.29, 1.82) is 0 Å². The van der Waals surface area contributed by atoms with Crippen molar-refractivity contribution in [3.8, 4) is 11.1 Å². The average Bonchev–Trinajstić information content (AvgIpc) is 3.17. The molecule has 0 spiro atoms. The number of carbonyl (C=O) groups is 2. The minimum atomic E-state index is -1.10. The quantitative estimate of drug-likeness (QED) is 0.419. The minimum absolute atomic E-state index is 0.0319. The number of aromatic nitrogens is 4. The zero-order chi connectivity index (χ0) is 23.4. The summed E-state index contributed by atoms with van der Waals surface area (Å²) in [5, 5.41) is 12.2. The number of hydrogen-bond donors (Lipinski definition) is 3. The van der Waals surface area contributed by atoms with E-state index in [0.717, 1.165) is 4.90 Å². The Morgan fingerprint density at radius 3 is 2.79 bits per heavy atom. The summed E-state index contributed by atoms with van der Waals surface area (Å²) >= 11 is 6.45. The lowest BCUT2D eigenvalue weighted by Crippen LogP contribution is -2.35. The molecule has 3 N–H and O–H groups in total. The Kier molecular flexibility index (Phi) is 4.93. The second kappa shape index (κ2) is 7.69. The number of aromatic amines is 1. The first-order valence-electron chi connectivity index (χ1n) is 10.0. The van der Waals surface area contributed by atoms with Crippen LogP contribution in [0.25, 0.3) is 27.7 Å². The Bertz CT molecular complexity index is 1430. The van der Waals surface area contributed by atoms with E-state index in [0.29, 0.717) is 27.7 Å². The molecular formula is C21H18ClF2N7O2. The van der Waals surface area contributed by atoms with Gasteiger partial charge < -0.3 is 15.0 Å². The lowest BCUT2D eigenvalue weighted by atomic mass is 10.0. The fourth-order valence-electron chi connectivity index (χ4n) is 3.82. The molecule has 2 atom stereocenters. The van der Waals surface area contributed by atoms with Crippen LogP contribution < -0.4 is 15.5 Å². The zero-order valence-electron chi connectivity index (χ0n) is 17.5. The molecule has 3 amide bonds. The van der Waals surface area contributed by atoms with E-state index < -0.39 is 29.8 Å². The van der Waals surface area contributed by atoms with Crippen molar-refractivity contribution in [2.24, 2.45) is 5.92 Å². The van der Waals surface area contributed by atoms with Crippen molar-refractivity contribution in [2.45, 2.75) is 12.6 Å². The minimum Gasteiger partial charge on any atom is -0.341 e. The van der Waals surface area contributed by atoms with Crippen LogP contribution in [-0.4, -0.2) is 51.8 Å². The highest BCUT2D eigenvalue weighted by molar-refractivity contribution is 6.36. The van der Waals surface area contributed by atoms with Crippen LogP contribution in [0.15, 0.2) is 30.7 Å². The smallest absolute Gasteiger partial charge is 0.321 e. The molecule has 3 heterocycles. The molecule has 0 radical (unpaired) electrons. The molecular weight excluding hydrogens is 456 g/mol. The van der Waals surface area contributed by atoms with E-state index in [1.807, 2.05) is 0 Å². The first-order chi connectivity index (χ1) is 15.8. The van der Waals surface area contributed by atoms with Crippen molar-refractivity contribution in [3.63, 3.8) is 0 Å². The van der Waals surface area contributed by atoms with Gasteiger partial charge in [-0.05, 0) is 18.6 Å². The van der Waals surface area contributed by atoms with E-state index in [2.05, 4.69) is 25.8 Å². The number of benzene rings is 1. The second-order valence-electron chi connectivity index (χ2n) is 7.78. The number of H-pyrrole nitrogens is 1. The molecule has 1 aliphatic carbocycles. The topological polar surface area (TPSA) is 107 Å². The fourth-order valence-corrected chi connectivity index (χ4v) is 4.12. The molecule has 12 heteroatoms. The van der Waals surface area contributed by atoms with Gasteiger partial charge in [-0.2, -0.15) is 5.10 Å². The number of pyridine rings is 1. The van der Waals surface area contributed by atoms with Crippen LogP contribution in [0.5, 0.6) is 0 Å². The van der Waals surface area contributed by atoms with Gasteiger partial charge in [-0.15, -0.1) is 0 Å². The van der Waals surface area contributed by atoms with Crippen molar-refractivity contribution in [3.05, 3.63) is 41.6 Å². The predicted molar refractivity (Wildman–Crippen MR) is 120 cm³/mol. The molecule has 9 nitrogen and oxygen atoms in total. The monoisotopic (exact) mass is 473 g/mol. The molecule has 33 heavy (non-hydrogen) atoms. The van der Waals surface area contributed by atoms with Crippen LogP contribution in [0.2, 0.25) is 5.02 Å². The maximum Gasteiger partial charge on any atom is 0.321 e. The maximum atomic E-state index is 15.4. The van der Waals surface area contributed by atoms with E-state index in [1.54, 1.807) is 28.9 Å². The number of fused-ring (bicyclic) bond motifs is 2. The van der Waals surface area contributed by atoms with Gasteiger partial charge in [0.2, 0.25) is 5.91 Å². The molecule has 0 aliphatic heterocycles. The van der Waals surface area contributed by atoms with Crippen molar-refractivity contribution >= 4 is 51.6 Å². The molecule has 0 saturated heterocycles. The lowest BCUT2D eigenvalue weighted by molar-refractivity contribution is -0.117. The first-order valence-corrected chi connectivity index (χ1v) is 10.4. The summed E-state index contributed by atoms with van der Waals surface area (Å²) in [6.07, 6.45) is 3.89. The van der Waals surface area contributed by atoms with Crippen LogP contribution in [0.4, 0.5) is 25.1 Å². The molecule has 170 valence electrons. The van der Waals surface area contributed by atoms with Crippen molar-refractivity contribution in [1.82, 2.24) is 24.9 Å². The fraction of sp³-hybridized carbons (Fsp3) is 0.238. The van der Waals surface area contributed by atoms with Gasteiger partial charge in [0.15, 0.2) is 11.6 Å². The molecule has 3 aromatic heterocycles. The van der Waals surface area contributed by atoms with Gasteiger partial charge >= 0.3 is 6.03 Å². The summed E-state index contributed by atoms with van der Waals surface area (Å²) in [5.41, 5.74) is 1.75. The van der Waals surface area contributed by atoms with Gasteiger partial charge in [0.05, 0.1) is 28.9 Å². The Morgan fingerprint density at radius 1 is 1.33 bits per heavy atom. The maximum absolute atomic E-state index is 15.4. The van der Waals surface area contributed by atoms with Gasteiger partial charge in [0.1, 0.15) is 17.5 Å². The largest absolute Gasteiger partial charge is 0.341 e. The molecule has 1 saturated carbocycles. The number of carbonyl (C=O) groups excluding carboxylic acids is 2. The number of rotatable bonds is 4. The third-order valence-electron chi connectivity index (χ3n) is 5.66. The highest BCUT2D eigenvalue weighted by Gasteiger charge is 2.43. The van der Waals surface area contributed by atoms with Crippen LogP contribution in [-0.2, 0) is 4.79 Å². The molecule has 1 fully saturated rings. The van der Waals surface area contributed by atoms with Crippen LogP contribution in [0.3, 0.4) is 0 Å². The SMILES string of the molecule is CNC(=O)N(C)c1c(F)c(Cl)c(-c2ccc3nc(NC(=O)[C@@H]4C[C@@H]4F)cn3c2)c2cn[nH]c12. The Hall–Kier alpha value is -3.73. The molecule has 0 unspecified atom stereocenters. The number of anilines is 2. The number of nitrogens with zero attached hydrogens (tertiary/aromatic N) is 4. The molecule has 0 bridgehead atoms. The summed E-state index contributed by atoms with van der Waals surface area (Å²) in [6.45, 7) is 0. The van der Waals surface area contributed by atoms with Gasteiger partial charge in [-0.25, -0.2) is 18.6 Å². The summed E-state index contributed by atoms with van der Waals surface area (Å²) in [6, 6.07) is 2.88. The Labute approximate surface area is 190 Å². The summed E-state index contributed by atoms with van der Waals surface area (Å²) in [5.74, 6) is -1.54. The number of nitrogens with one attached hydrogen (secondary N) is 3. The molecule has 4 aromatic rings. The first kappa shape index (κ1) is 21.1. The average molecular weight is 474 g/mol. The van der Waals surface area contributed by atoms with Gasteiger partial charge in [-0.3, -0.25) is 14.8 Å². The molecule has 1 aliphatic rings. The Balaban J connectivity index is 1.58. The van der Waals surface area contributed by atoms with Crippen LogP contribution >= 0.6 is 11.6 Å². The van der Waals surface area contributed by atoms with Crippen LogP contribution in [0.1, 0.15) is 6.42 Å². The van der Waals surface area contributed by atoms with Crippen molar-refractivity contribution < 1.29 is 18.4 Å². The van der Waals surface area contributed by atoms with E-state index in [-0.39, 0.29) is 22.9 Å². The number of imidazole rings is 1. The van der Waals surface area contributed by atoms with E-state index >= 15 is 4.39 Å². The van der Waals surface area contributed by atoms with E-state index in [4.69, 9.17) is 11.6 Å². The molecule has 5 rings (SSSR count). The van der Waals surface area contributed by atoms with Gasteiger partial charge in [0, 0.05) is 36.8 Å². The molecule has 1 aromatic carbocycles.